The van der Waals surface area contributed by atoms with Crippen LogP contribution in [-0.2, 0) is 4.79 Å². The van der Waals surface area contributed by atoms with Gasteiger partial charge in [-0.1, -0.05) is 18.2 Å². The summed E-state index contributed by atoms with van der Waals surface area (Å²) < 4.78 is 3.72. The van der Waals surface area contributed by atoms with E-state index in [0.29, 0.717) is 5.15 Å². The molecule has 1 rings (SSSR count). The van der Waals surface area contributed by atoms with Crippen molar-refractivity contribution in [2.75, 3.05) is 0 Å². The van der Waals surface area contributed by atoms with Gasteiger partial charge in [-0.05, 0) is 17.6 Å². The molecule has 1 heterocycles. The molecule has 0 unspecified atom stereocenters. The van der Waals surface area contributed by atoms with Crippen molar-refractivity contribution in [1.82, 2.24) is 4.37 Å². The maximum Gasteiger partial charge on any atom is 0.327 e. The lowest BCUT2D eigenvalue weighted by Crippen LogP contribution is -1.82. The highest BCUT2D eigenvalue weighted by molar-refractivity contribution is 7.03. The molecule has 0 fully saturated rings. The smallest absolute Gasteiger partial charge is 0.327 e. The summed E-state index contributed by atoms with van der Waals surface area (Å²) in [6, 6.07) is 1.76. The summed E-state index contributed by atoms with van der Waals surface area (Å²) in [5.41, 5.74) is 0. The van der Waals surface area contributed by atoms with E-state index in [-0.39, 0.29) is 0 Å². The van der Waals surface area contributed by atoms with Crippen molar-refractivity contribution in [3.05, 3.63) is 29.3 Å². The monoisotopic (exact) mass is 191 g/mol. The molecular weight excluding hydrogens is 186 g/mol. The van der Waals surface area contributed by atoms with Gasteiger partial charge in [-0.25, -0.2) is 4.79 Å². The number of nitrogens with zero attached hydrogens (tertiary/aromatic N) is 1. The van der Waals surface area contributed by atoms with Crippen LogP contribution >= 0.6 is 23.1 Å². The molecule has 0 radical (unpaired) electrons. The van der Waals surface area contributed by atoms with Crippen LogP contribution < -0.4 is 0 Å². The van der Waals surface area contributed by atoms with E-state index in [4.69, 9.17) is 16.7 Å². The molecule has 0 saturated carbocycles. The molecular formula is C6H6ClNO2S. The van der Waals surface area contributed by atoms with E-state index in [1.807, 2.05) is 5.38 Å². The summed E-state index contributed by atoms with van der Waals surface area (Å²) in [7, 11) is 0. The number of aromatic nitrogens is 1. The Morgan fingerprint density at radius 3 is 2.55 bits per heavy atom. The van der Waals surface area contributed by atoms with Crippen LogP contribution in [0.5, 0.6) is 0 Å². The fourth-order valence-electron chi connectivity index (χ4n) is 0.198. The summed E-state index contributed by atoms with van der Waals surface area (Å²) in [6.07, 6.45) is 0.833. The minimum Gasteiger partial charge on any atom is -0.478 e. The fraction of sp³-hybridized carbons (Fsp3) is 0. The van der Waals surface area contributed by atoms with Crippen molar-refractivity contribution in [1.29, 1.82) is 0 Å². The summed E-state index contributed by atoms with van der Waals surface area (Å²) in [5, 5.41) is 10.0. The Morgan fingerprint density at radius 1 is 1.91 bits per heavy atom. The van der Waals surface area contributed by atoms with Crippen molar-refractivity contribution in [2.24, 2.45) is 0 Å². The molecule has 5 heteroatoms. The van der Waals surface area contributed by atoms with Gasteiger partial charge in [0.1, 0.15) is 5.15 Å². The minimum atomic E-state index is -0.981. The SMILES string of the molecule is C=CC(=O)O.Clc1ccsn1. The van der Waals surface area contributed by atoms with Crippen molar-refractivity contribution >= 4 is 29.1 Å². The molecule has 3 nitrogen and oxygen atoms in total. The molecule has 0 aromatic carbocycles. The van der Waals surface area contributed by atoms with Crippen LogP contribution in [0.15, 0.2) is 24.1 Å². The van der Waals surface area contributed by atoms with Gasteiger partial charge in [0.25, 0.3) is 0 Å². The zero-order chi connectivity index (χ0) is 8.69. The fourth-order valence-corrected chi connectivity index (χ4v) is 0.867. The molecule has 1 aromatic heterocycles. The van der Waals surface area contributed by atoms with E-state index in [9.17, 15) is 4.79 Å². The Labute approximate surface area is 73.1 Å². The average Bonchev–Trinajstić information content (AvgIpc) is 2.41. The summed E-state index contributed by atoms with van der Waals surface area (Å²) in [6.45, 7) is 2.96. The predicted molar refractivity (Wildman–Crippen MR) is 45.0 cm³/mol. The molecule has 60 valence electrons. The quantitative estimate of drug-likeness (QED) is 0.692. The lowest BCUT2D eigenvalue weighted by molar-refractivity contribution is -0.131. The zero-order valence-electron chi connectivity index (χ0n) is 5.53. The van der Waals surface area contributed by atoms with E-state index in [2.05, 4.69) is 11.0 Å². The Kier molecular flexibility index (Phi) is 5.42. The zero-order valence-corrected chi connectivity index (χ0v) is 7.10. The predicted octanol–water partition coefficient (Wildman–Crippen LogP) is 2.05. The number of carboxylic acids is 1. The van der Waals surface area contributed by atoms with Crippen LogP contribution in [0.1, 0.15) is 0 Å². The molecule has 1 aromatic rings. The third-order valence-corrected chi connectivity index (χ3v) is 1.45. The van der Waals surface area contributed by atoms with Crippen LogP contribution in [0.3, 0.4) is 0 Å². The van der Waals surface area contributed by atoms with Crippen LogP contribution in [0.2, 0.25) is 5.15 Å². The van der Waals surface area contributed by atoms with Gasteiger partial charge in [0, 0.05) is 11.5 Å². The normalized spacial score (nSPS) is 7.73. The van der Waals surface area contributed by atoms with E-state index in [1.165, 1.54) is 11.5 Å². The number of hydrogen-bond acceptors (Lipinski definition) is 3. The van der Waals surface area contributed by atoms with Crippen LogP contribution in [0.4, 0.5) is 0 Å². The summed E-state index contributed by atoms with van der Waals surface area (Å²) in [5.74, 6) is -0.981. The van der Waals surface area contributed by atoms with Gasteiger partial charge >= 0.3 is 5.97 Å². The summed E-state index contributed by atoms with van der Waals surface area (Å²) >= 11 is 6.71. The number of rotatable bonds is 1. The summed E-state index contributed by atoms with van der Waals surface area (Å²) in [4.78, 5) is 9.25. The van der Waals surface area contributed by atoms with Gasteiger partial charge in [0.2, 0.25) is 0 Å². The third-order valence-electron chi connectivity index (χ3n) is 0.581. The van der Waals surface area contributed by atoms with Gasteiger partial charge in [-0.3, -0.25) is 0 Å². The first kappa shape index (κ1) is 10.1. The molecule has 0 saturated heterocycles. The molecule has 11 heavy (non-hydrogen) atoms. The molecule has 0 amide bonds. The number of halogens is 1. The minimum absolute atomic E-state index is 0.583. The third kappa shape index (κ3) is 7.02. The molecule has 0 aliphatic carbocycles. The van der Waals surface area contributed by atoms with E-state index < -0.39 is 5.97 Å². The van der Waals surface area contributed by atoms with Crippen molar-refractivity contribution in [3.63, 3.8) is 0 Å². The largest absolute Gasteiger partial charge is 0.478 e. The second-order valence-corrected chi connectivity index (χ2v) is 2.42. The molecule has 0 bridgehead atoms. The molecule has 0 aliphatic heterocycles. The Bertz CT molecular complexity index is 222. The van der Waals surface area contributed by atoms with Gasteiger partial charge in [-0.2, -0.15) is 4.37 Å². The first-order valence-corrected chi connectivity index (χ1v) is 3.79. The van der Waals surface area contributed by atoms with Gasteiger partial charge < -0.3 is 5.11 Å². The number of aliphatic carboxylic acids is 1. The maximum atomic E-state index is 9.25. The molecule has 0 atom stereocenters. The highest BCUT2D eigenvalue weighted by Gasteiger charge is 1.79. The number of carboxylic acid groups (broad SMARTS) is 1. The molecule has 0 aliphatic rings. The highest BCUT2D eigenvalue weighted by Crippen LogP contribution is 2.04. The van der Waals surface area contributed by atoms with Gasteiger partial charge in [0.05, 0.1) is 0 Å². The van der Waals surface area contributed by atoms with Crippen LogP contribution in [0.25, 0.3) is 0 Å². The maximum absolute atomic E-state index is 9.25. The highest BCUT2D eigenvalue weighted by atomic mass is 35.5. The second kappa shape index (κ2) is 5.88. The Hall–Kier alpha value is -0.870. The number of hydrogen-bond donors (Lipinski definition) is 1. The standard InChI is InChI=1S/C3H2ClNS.C3H4O2/c4-3-1-2-6-5-3;1-2-3(4)5/h1-2H;2H,1H2,(H,4,5). The van der Waals surface area contributed by atoms with Crippen molar-refractivity contribution in [3.8, 4) is 0 Å². The van der Waals surface area contributed by atoms with Crippen LogP contribution in [-0.4, -0.2) is 15.4 Å². The Balaban J connectivity index is 0.000000187. The van der Waals surface area contributed by atoms with E-state index in [1.54, 1.807) is 6.07 Å². The lowest BCUT2D eigenvalue weighted by atomic mass is 10.7. The average molecular weight is 192 g/mol. The van der Waals surface area contributed by atoms with Crippen molar-refractivity contribution in [2.45, 2.75) is 0 Å². The number of carbonyl (C=O) groups is 1. The lowest BCUT2D eigenvalue weighted by Gasteiger charge is -1.64. The van der Waals surface area contributed by atoms with Gasteiger partial charge in [-0.15, -0.1) is 0 Å². The van der Waals surface area contributed by atoms with Crippen LogP contribution in [0, 0.1) is 0 Å². The van der Waals surface area contributed by atoms with Gasteiger partial charge in [0.15, 0.2) is 0 Å². The first-order valence-electron chi connectivity index (χ1n) is 2.58. The van der Waals surface area contributed by atoms with Crippen molar-refractivity contribution < 1.29 is 9.90 Å². The molecule has 0 spiro atoms. The second-order valence-electron chi connectivity index (χ2n) is 1.36. The Morgan fingerprint density at radius 2 is 2.45 bits per heavy atom. The van der Waals surface area contributed by atoms with E-state index >= 15 is 0 Å². The van der Waals surface area contributed by atoms with E-state index in [0.717, 1.165) is 6.08 Å². The topological polar surface area (TPSA) is 50.2 Å². The molecule has 1 N–H and O–H groups in total. The first-order chi connectivity index (χ1) is 5.16.